The van der Waals surface area contributed by atoms with Gasteiger partial charge in [-0.25, -0.2) is 8.42 Å². The molecule has 0 aromatic carbocycles. The lowest BCUT2D eigenvalue weighted by molar-refractivity contribution is 0.0541. The number of likely N-dealkylation sites (tertiary alicyclic amines) is 1. The predicted octanol–water partition coefficient (Wildman–Crippen LogP) is 2.21. The molecule has 7 heteroatoms. The quantitative estimate of drug-likeness (QED) is 0.786. The number of piperidine rings is 1. The van der Waals surface area contributed by atoms with Gasteiger partial charge in [-0.2, -0.15) is 0 Å². The summed E-state index contributed by atoms with van der Waals surface area (Å²) in [4.78, 5) is 14.4. The topological polar surface area (TPSA) is 59.4 Å². The lowest BCUT2D eigenvalue weighted by Crippen LogP contribution is -2.46. The average Bonchev–Trinajstić information content (AvgIpc) is 2.74. The summed E-state index contributed by atoms with van der Waals surface area (Å²) in [6.07, 6.45) is 3.45. The molecular weight excluding hydrogens is 300 g/mol. The lowest BCUT2D eigenvalue weighted by Gasteiger charge is -2.37. The van der Waals surface area contributed by atoms with E-state index in [1.165, 1.54) is 16.8 Å². The number of aromatic nitrogens is 1. The molecule has 112 valence electrons. The molecule has 1 fully saturated rings. The first-order valence-corrected chi connectivity index (χ1v) is 8.94. The van der Waals surface area contributed by atoms with Gasteiger partial charge in [0.05, 0.1) is 0 Å². The molecule has 2 atom stereocenters. The average molecular weight is 319 g/mol. The molecule has 5 nitrogen and oxygen atoms in total. The summed E-state index contributed by atoms with van der Waals surface area (Å²) in [6, 6.07) is 1.50. The number of nitrogens with zero attached hydrogens (tertiary/aromatic N) is 2. The van der Waals surface area contributed by atoms with Crippen molar-refractivity contribution in [1.29, 1.82) is 0 Å². The third kappa shape index (κ3) is 2.86. The summed E-state index contributed by atoms with van der Waals surface area (Å²) in [5, 5.41) is 0. The van der Waals surface area contributed by atoms with Crippen molar-refractivity contribution in [2.24, 2.45) is 13.0 Å². The molecule has 20 heavy (non-hydrogen) atoms. The Morgan fingerprint density at radius 3 is 2.60 bits per heavy atom. The first kappa shape index (κ1) is 15.4. The maximum absolute atomic E-state index is 12.6. The van der Waals surface area contributed by atoms with E-state index in [0.717, 1.165) is 12.8 Å². The molecule has 1 saturated heterocycles. The molecule has 0 saturated carbocycles. The summed E-state index contributed by atoms with van der Waals surface area (Å²) in [6.45, 7) is 4.87. The standard InChI is InChI=1S/C13H19ClN2O3S/c1-9-5-4-6-16(10(9)2)13(17)12-7-11(8-15(12)3)20(14,18)19/h7-10H,4-6H2,1-3H3. The smallest absolute Gasteiger partial charge is 0.270 e. The molecule has 0 aliphatic carbocycles. The molecule has 0 N–H and O–H groups in total. The Hall–Kier alpha value is -1.01. The van der Waals surface area contributed by atoms with Crippen LogP contribution in [0.4, 0.5) is 0 Å². The molecule has 0 bridgehead atoms. The minimum Gasteiger partial charge on any atom is -0.345 e. The van der Waals surface area contributed by atoms with Crippen LogP contribution in [0, 0.1) is 5.92 Å². The monoisotopic (exact) mass is 318 g/mol. The van der Waals surface area contributed by atoms with Crippen molar-refractivity contribution in [2.45, 2.75) is 37.6 Å². The van der Waals surface area contributed by atoms with Gasteiger partial charge in [-0.1, -0.05) is 6.92 Å². The number of aryl methyl sites for hydroxylation is 1. The number of halogens is 1. The van der Waals surface area contributed by atoms with Crippen LogP contribution in [0.5, 0.6) is 0 Å². The van der Waals surface area contributed by atoms with Crippen molar-refractivity contribution >= 4 is 25.6 Å². The lowest BCUT2D eigenvalue weighted by atomic mass is 9.92. The van der Waals surface area contributed by atoms with Crippen LogP contribution >= 0.6 is 10.7 Å². The number of amides is 1. The van der Waals surface area contributed by atoms with Gasteiger partial charge in [0, 0.05) is 36.5 Å². The third-order valence-electron chi connectivity index (χ3n) is 4.11. The van der Waals surface area contributed by atoms with Crippen molar-refractivity contribution in [1.82, 2.24) is 9.47 Å². The van der Waals surface area contributed by atoms with Crippen molar-refractivity contribution in [2.75, 3.05) is 6.54 Å². The second-order valence-electron chi connectivity index (χ2n) is 5.47. The van der Waals surface area contributed by atoms with Gasteiger partial charge in [-0.15, -0.1) is 0 Å². The molecular formula is C13H19ClN2O3S. The first-order chi connectivity index (χ1) is 9.21. The van der Waals surface area contributed by atoms with Crippen LogP contribution in [0.25, 0.3) is 0 Å². The van der Waals surface area contributed by atoms with E-state index in [9.17, 15) is 13.2 Å². The Morgan fingerprint density at radius 1 is 1.40 bits per heavy atom. The first-order valence-electron chi connectivity index (χ1n) is 6.64. The Balaban J connectivity index is 2.32. The number of hydrogen-bond donors (Lipinski definition) is 0. The predicted molar refractivity (Wildman–Crippen MR) is 77.3 cm³/mol. The van der Waals surface area contributed by atoms with E-state index >= 15 is 0 Å². The van der Waals surface area contributed by atoms with Crippen LogP contribution in [0.1, 0.15) is 37.2 Å². The van der Waals surface area contributed by atoms with E-state index in [1.807, 2.05) is 11.8 Å². The normalized spacial score (nSPS) is 23.9. The Bertz CT molecular complexity index is 624. The maximum atomic E-state index is 12.6. The van der Waals surface area contributed by atoms with Gasteiger partial charge in [0.2, 0.25) is 0 Å². The summed E-state index contributed by atoms with van der Waals surface area (Å²) >= 11 is 0. The second-order valence-corrected chi connectivity index (χ2v) is 8.03. The van der Waals surface area contributed by atoms with Crippen molar-refractivity contribution in [3.05, 3.63) is 18.0 Å². The number of carbonyl (C=O) groups excluding carboxylic acids is 1. The van der Waals surface area contributed by atoms with Gasteiger partial charge in [0.25, 0.3) is 15.0 Å². The van der Waals surface area contributed by atoms with Crippen LogP contribution < -0.4 is 0 Å². The molecule has 1 aromatic rings. The van der Waals surface area contributed by atoms with E-state index in [1.54, 1.807) is 7.05 Å². The maximum Gasteiger partial charge on any atom is 0.270 e. The van der Waals surface area contributed by atoms with Gasteiger partial charge < -0.3 is 9.47 Å². The van der Waals surface area contributed by atoms with Crippen molar-refractivity contribution in [3.63, 3.8) is 0 Å². The minimum atomic E-state index is -3.81. The van der Waals surface area contributed by atoms with E-state index in [0.29, 0.717) is 18.2 Å². The van der Waals surface area contributed by atoms with Crippen LogP contribution in [0.3, 0.4) is 0 Å². The molecule has 1 aliphatic rings. The zero-order valence-electron chi connectivity index (χ0n) is 11.8. The van der Waals surface area contributed by atoms with Gasteiger partial charge in [0.15, 0.2) is 0 Å². The zero-order chi connectivity index (χ0) is 15.1. The Kier molecular flexibility index (Phi) is 4.16. The molecule has 2 heterocycles. The molecule has 0 spiro atoms. The number of carbonyl (C=O) groups is 1. The fourth-order valence-electron chi connectivity index (χ4n) is 2.65. The highest BCUT2D eigenvalue weighted by molar-refractivity contribution is 8.13. The zero-order valence-corrected chi connectivity index (χ0v) is 13.4. The molecule has 2 rings (SSSR count). The summed E-state index contributed by atoms with van der Waals surface area (Å²) < 4.78 is 24.2. The highest BCUT2D eigenvalue weighted by Crippen LogP contribution is 2.26. The molecule has 1 amide bonds. The van der Waals surface area contributed by atoms with Gasteiger partial charge in [-0.05, 0) is 31.7 Å². The molecule has 0 radical (unpaired) electrons. The Morgan fingerprint density at radius 2 is 2.05 bits per heavy atom. The summed E-state index contributed by atoms with van der Waals surface area (Å²) in [7, 11) is 3.16. The highest BCUT2D eigenvalue weighted by atomic mass is 35.7. The van der Waals surface area contributed by atoms with Crippen LogP contribution in [-0.4, -0.2) is 36.4 Å². The van der Waals surface area contributed by atoms with Gasteiger partial charge in [0.1, 0.15) is 10.6 Å². The molecule has 1 aromatic heterocycles. The highest BCUT2D eigenvalue weighted by Gasteiger charge is 2.31. The second kappa shape index (κ2) is 5.41. The summed E-state index contributed by atoms with van der Waals surface area (Å²) in [5.41, 5.74) is 0.352. The molecule has 2 unspecified atom stereocenters. The fraction of sp³-hybridized carbons (Fsp3) is 0.615. The van der Waals surface area contributed by atoms with E-state index in [2.05, 4.69) is 6.92 Å². The van der Waals surface area contributed by atoms with Crippen LogP contribution in [0.15, 0.2) is 17.2 Å². The SMILES string of the molecule is CC1CCCN(C(=O)c2cc(S(=O)(=O)Cl)cn2C)C1C. The van der Waals surface area contributed by atoms with Crippen LogP contribution in [-0.2, 0) is 16.1 Å². The number of hydrogen-bond acceptors (Lipinski definition) is 3. The largest absolute Gasteiger partial charge is 0.345 e. The number of rotatable bonds is 2. The van der Waals surface area contributed by atoms with Crippen molar-refractivity contribution in [3.8, 4) is 0 Å². The molecule has 1 aliphatic heterocycles. The van der Waals surface area contributed by atoms with E-state index in [4.69, 9.17) is 10.7 Å². The summed E-state index contributed by atoms with van der Waals surface area (Å²) in [5.74, 6) is 0.308. The third-order valence-corrected chi connectivity index (χ3v) is 5.44. The fourth-order valence-corrected chi connectivity index (χ4v) is 3.44. The van der Waals surface area contributed by atoms with E-state index in [-0.39, 0.29) is 16.8 Å². The minimum absolute atomic E-state index is 0.0391. The van der Waals surface area contributed by atoms with E-state index < -0.39 is 9.05 Å². The van der Waals surface area contributed by atoms with Crippen LogP contribution in [0.2, 0.25) is 0 Å². The Labute approximate surface area is 123 Å². The van der Waals surface area contributed by atoms with Gasteiger partial charge in [-0.3, -0.25) is 4.79 Å². The van der Waals surface area contributed by atoms with Crippen molar-refractivity contribution < 1.29 is 13.2 Å². The van der Waals surface area contributed by atoms with Gasteiger partial charge >= 0.3 is 0 Å².